The van der Waals surface area contributed by atoms with Gasteiger partial charge in [-0.05, 0) is 12.5 Å². The second-order valence-corrected chi connectivity index (χ2v) is 3.98. The predicted molar refractivity (Wildman–Crippen MR) is 73.6 cm³/mol. The van der Waals surface area contributed by atoms with Gasteiger partial charge in [0.05, 0.1) is 11.5 Å². The van der Waals surface area contributed by atoms with E-state index in [9.17, 15) is 19.7 Å². The molecule has 0 fully saturated rings. The average Bonchev–Trinajstić information content (AvgIpc) is 2.43. The van der Waals surface area contributed by atoms with Crippen molar-refractivity contribution < 1.29 is 24.0 Å². The Morgan fingerprint density at radius 2 is 1.95 bits per heavy atom. The molecule has 0 spiro atoms. The fourth-order valence-electron chi connectivity index (χ4n) is 1.56. The lowest BCUT2D eigenvalue weighted by molar-refractivity contribution is -0.432. The Hall–Kier alpha value is -2.70. The molecule has 0 N–H and O–H groups in total. The lowest BCUT2D eigenvalue weighted by Gasteiger charge is -2.13. The average molecular weight is 293 g/mol. The lowest BCUT2D eigenvalue weighted by atomic mass is 10.1. The second-order valence-electron chi connectivity index (χ2n) is 3.98. The molecule has 0 saturated carbocycles. The first-order chi connectivity index (χ1) is 9.95. The van der Waals surface area contributed by atoms with E-state index in [0.29, 0.717) is 5.56 Å². The first-order valence-electron chi connectivity index (χ1n) is 6.20. The molecule has 7 heteroatoms. The zero-order valence-electron chi connectivity index (χ0n) is 11.6. The minimum absolute atomic E-state index is 0.0208. The number of carbonyl (C=O) groups excluding carboxylic acids is 2. The fourth-order valence-corrected chi connectivity index (χ4v) is 1.56. The molecule has 1 aromatic rings. The SMILES string of the molecule is CCOC(=O)[C@H](OC(C)=O)/C(=C/c1ccccc1)[N+](=O)[O-]. The standard InChI is InChI=1S/C14H15NO6/c1-3-20-14(17)13(21-10(2)16)12(15(18)19)9-11-7-5-4-6-8-11/h4-9,13H,3H2,1-2H3/b12-9-/t13-/m1/s1. The van der Waals surface area contributed by atoms with Gasteiger partial charge in [-0.15, -0.1) is 0 Å². The number of ether oxygens (including phenoxy) is 2. The van der Waals surface area contributed by atoms with E-state index >= 15 is 0 Å². The smallest absolute Gasteiger partial charge is 0.358 e. The number of rotatable bonds is 6. The number of hydrogen-bond donors (Lipinski definition) is 0. The molecule has 112 valence electrons. The first kappa shape index (κ1) is 16.4. The molecule has 0 heterocycles. The summed E-state index contributed by atoms with van der Waals surface area (Å²) in [4.78, 5) is 33.2. The molecule has 0 aromatic heterocycles. The van der Waals surface area contributed by atoms with Crippen molar-refractivity contribution >= 4 is 18.0 Å². The fraction of sp³-hybridized carbons (Fsp3) is 0.286. The van der Waals surface area contributed by atoms with E-state index in [-0.39, 0.29) is 6.61 Å². The summed E-state index contributed by atoms with van der Waals surface area (Å²) in [5.74, 6) is -1.79. The maximum Gasteiger partial charge on any atom is 0.358 e. The summed E-state index contributed by atoms with van der Waals surface area (Å²) in [6, 6.07) is 8.38. The van der Waals surface area contributed by atoms with Gasteiger partial charge < -0.3 is 9.47 Å². The molecule has 0 saturated heterocycles. The predicted octanol–water partition coefficient (Wildman–Crippen LogP) is 1.80. The van der Waals surface area contributed by atoms with Crippen LogP contribution in [0.15, 0.2) is 36.0 Å². The highest BCUT2D eigenvalue weighted by Crippen LogP contribution is 2.15. The van der Waals surface area contributed by atoms with Crippen LogP contribution in [0.3, 0.4) is 0 Å². The van der Waals surface area contributed by atoms with E-state index in [2.05, 4.69) is 0 Å². The maximum atomic E-state index is 11.8. The zero-order valence-corrected chi connectivity index (χ0v) is 11.6. The third-order valence-corrected chi connectivity index (χ3v) is 2.38. The van der Waals surface area contributed by atoms with Crippen LogP contribution in [0.2, 0.25) is 0 Å². The van der Waals surface area contributed by atoms with Crippen molar-refractivity contribution in [2.24, 2.45) is 0 Å². The van der Waals surface area contributed by atoms with Gasteiger partial charge in [0.1, 0.15) is 0 Å². The van der Waals surface area contributed by atoms with Crippen LogP contribution < -0.4 is 0 Å². The van der Waals surface area contributed by atoms with E-state index in [0.717, 1.165) is 6.92 Å². The van der Waals surface area contributed by atoms with Gasteiger partial charge in [0, 0.05) is 13.0 Å². The van der Waals surface area contributed by atoms with Crippen molar-refractivity contribution in [1.29, 1.82) is 0 Å². The van der Waals surface area contributed by atoms with Crippen LogP contribution >= 0.6 is 0 Å². The molecule has 0 bridgehead atoms. The summed E-state index contributed by atoms with van der Waals surface area (Å²) in [6.07, 6.45) is -0.525. The normalized spacial score (nSPS) is 12.4. The van der Waals surface area contributed by atoms with Gasteiger partial charge in [0.2, 0.25) is 0 Å². The summed E-state index contributed by atoms with van der Waals surface area (Å²) >= 11 is 0. The minimum atomic E-state index is -1.70. The van der Waals surface area contributed by atoms with Crippen LogP contribution in [0.1, 0.15) is 19.4 Å². The van der Waals surface area contributed by atoms with Crippen molar-refractivity contribution in [3.05, 3.63) is 51.7 Å². The highest BCUT2D eigenvalue weighted by molar-refractivity contribution is 5.82. The largest absolute Gasteiger partial charge is 0.463 e. The van der Waals surface area contributed by atoms with Crippen molar-refractivity contribution in [2.75, 3.05) is 6.61 Å². The number of carbonyl (C=O) groups is 2. The first-order valence-corrected chi connectivity index (χ1v) is 6.20. The number of esters is 2. The number of hydrogen-bond acceptors (Lipinski definition) is 6. The van der Waals surface area contributed by atoms with E-state index in [1.165, 1.54) is 6.08 Å². The number of benzene rings is 1. The topological polar surface area (TPSA) is 95.7 Å². The Morgan fingerprint density at radius 3 is 2.43 bits per heavy atom. The molecule has 7 nitrogen and oxygen atoms in total. The molecule has 0 aliphatic rings. The Morgan fingerprint density at radius 1 is 1.33 bits per heavy atom. The van der Waals surface area contributed by atoms with E-state index in [4.69, 9.17) is 9.47 Å². The summed E-state index contributed by atoms with van der Waals surface area (Å²) < 4.78 is 9.45. The van der Waals surface area contributed by atoms with Gasteiger partial charge in [-0.1, -0.05) is 30.3 Å². The maximum absolute atomic E-state index is 11.8. The van der Waals surface area contributed by atoms with Gasteiger partial charge in [0.15, 0.2) is 0 Å². The molecule has 0 aliphatic carbocycles. The molecule has 1 atom stereocenters. The molecule has 21 heavy (non-hydrogen) atoms. The Labute approximate surface area is 121 Å². The molecule has 0 aliphatic heterocycles. The molecule has 0 radical (unpaired) electrons. The summed E-state index contributed by atoms with van der Waals surface area (Å²) in [5, 5.41) is 11.2. The van der Waals surface area contributed by atoms with Crippen molar-refractivity contribution in [3.8, 4) is 0 Å². The third-order valence-electron chi connectivity index (χ3n) is 2.38. The highest BCUT2D eigenvalue weighted by Gasteiger charge is 2.36. The van der Waals surface area contributed by atoms with Crippen LogP contribution in [0.5, 0.6) is 0 Å². The molecule has 0 amide bonds. The van der Waals surface area contributed by atoms with Crippen LogP contribution in [-0.4, -0.2) is 29.6 Å². The number of nitrogens with zero attached hydrogens (tertiary/aromatic N) is 1. The molecular formula is C14H15NO6. The summed E-state index contributed by atoms with van der Waals surface area (Å²) in [7, 11) is 0. The van der Waals surface area contributed by atoms with Gasteiger partial charge in [-0.2, -0.15) is 0 Å². The Balaban J connectivity index is 3.19. The minimum Gasteiger partial charge on any atom is -0.463 e. The van der Waals surface area contributed by atoms with Crippen molar-refractivity contribution in [2.45, 2.75) is 20.0 Å². The van der Waals surface area contributed by atoms with Crippen LogP contribution in [0, 0.1) is 10.1 Å². The van der Waals surface area contributed by atoms with Crippen molar-refractivity contribution in [3.63, 3.8) is 0 Å². The van der Waals surface area contributed by atoms with Gasteiger partial charge >= 0.3 is 11.9 Å². The lowest BCUT2D eigenvalue weighted by Crippen LogP contribution is -2.33. The van der Waals surface area contributed by atoms with E-state index < -0.39 is 28.7 Å². The monoisotopic (exact) mass is 293 g/mol. The van der Waals surface area contributed by atoms with Gasteiger partial charge in [0.25, 0.3) is 11.8 Å². The quantitative estimate of drug-likeness (QED) is 0.451. The molecule has 1 rings (SSSR count). The van der Waals surface area contributed by atoms with Gasteiger partial charge in [-0.25, -0.2) is 4.79 Å². The van der Waals surface area contributed by atoms with Crippen LogP contribution in [-0.2, 0) is 19.1 Å². The van der Waals surface area contributed by atoms with E-state index in [1.807, 2.05) is 0 Å². The summed E-state index contributed by atoms with van der Waals surface area (Å²) in [5.41, 5.74) is -0.0551. The van der Waals surface area contributed by atoms with Crippen molar-refractivity contribution in [1.82, 2.24) is 0 Å². The van der Waals surface area contributed by atoms with E-state index in [1.54, 1.807) is 37.3 Å². The zero-order chi connectivity index (χ0) is 15.8. The van der Waals surface area contributed by atoms with Gasteiger partial charge in [-0.3, -0.25) is 14.9 Å². The summed E-state index contributed by atoms with van der Waals surface area (Å²) in [6.45, 7) is 2.63. The van der Waals surface area contributed by atoms with Crippen LogP contribution in [0.4, 0.5) is 0 Å². The highest BCUT2D eigenvalue weighted by atomic mass is 16.6. The third kappa shape index (κ3) is 5.06. The molecular weight excluding hydrogens is 278 g/mol. The Kier molecular flexibility index (Phi) is 6.06. The number of nitro groups is 1. The molecule has 1 aromatic carbocycles. The Bertz CT molecular complexity index is 552. The molecule has 0 unspecified atom stereocenters. The van der Waals surface area contributed by atoms with Crippen LogP contribution in [0.25, 0.3) is 6.08 Å². The second kappa shape index (κ2) is 7.78.